The van der Waals surface area contributed by atoms with Gasteiger partial charge in [-0.05, 0) is 30.0 Å². The second-order valence-electron chi connectivity index (χ2n) is 5.66. The van der Waals surface area contributed by atoms with Crippen LogP contribution in [0, 0.1) is 11.7 Å². The Labute approximate surface area is 118 Å². The second-order valence-corrected chi connectivity index (χ2v) is 5.66. The molecule has 2 nitrogen and oxygen atoms in total. The van der Waals surface area contributed by atoms with E-state index >= 15 is 0 Å². The van der Waals surface area contributed by atoms with E-state index in [1.165, 1.54) is 12.1 Å². The molecule has 0 saturated carbocycles. The molecule has 1 aromatic rings. The number of likely N-dealkylation sites (tertiary alicyclic amines) is 1. The molecule has 1 N–H and O–H groups in total. The van der Waals surface area contributed by atoms with Crippen LogP contribution in [-0.2, 0) is 6.54 Å². The van der Waals surface area contributed by atoms with Gasteiger partial charge in [0.25, 0.3) is 6.43 Å². The first-order valence-electron chi connectivity index (χ1n) is 7.01. The maximum absolute atomic E-state index is 13.2. The highest BCUT2D eigenvalue weighted by molar-refractivity contribution is 5.16. The van der Waals surface area contributed by atoms with Crippen LogP contribution in [-0.4, -0.2) is 37.0 Å². The molecule has 1 aromatic carbocycles. The molecule has 1 aliphatic heterocycles. The van der Waals surface area contributed by atoms with Crippen LogP contribution in [0.4, 0.5) is 13.2 Å². The molecule has 5 heteroatoms. The van der Waals surface area contributed by atoms with E-state index < -0.39 is 6.43 Å². The highest BCUT2D eigenvalue weighted by Gasteiger charge is 2.25. The smallest absolute Gasteiger partial charge is 0.250 e. The number of nitrogens with one attached hydrogen (secondary N) is 1. The van der Waals surface area contributed by atoms with Gasteiger partial charge in [0, 0.05) is 25.7 Å². The largest absolute Gasteiger partial charge is 0.307 e. The van der Waals surface area contributed by atoms with Crippen LogP contribution in [0.2, 0.25) is 0 Å². The average Bonchev–Trinajstić information content (AvgIpc) is 2.35. The fraction of sp³-hybridized carbons (Fsp3) is 0.600. The zero-order valence-corrected chi connectivity index (χ0v) is 11.7. The summed E-state index contributed by atoms with van der Waals surface area (Å²) in [7, 11) is 0. The minimum Gasteiger partial charge on any atom is -0.307 e. The van der Waals surface area contributed by atoms with Gasteiger partial charge in [-0.3, -0.25) is 4.90 Å². The average molecular weight is 286 g/mol. The summed E-state index contributed by atoms with van der Waals surface area (Å²) in [5.41, 5.74) is 0.923. The Bertz CT molecular complexity index is 425. The highest BCUT2D eigenvalue weighted by Crippen LogP contribution is 2.19. The van der Waals surface area contributed by atoms with Crippen molar-refractivity contribution in [3.63, 3.8) is 0 Å². The standard InChI is InChI=1S/C15H21F3N2/c1-11-5-14(19-7-15(17)18)10-20(8-11)9-12-3-2-4-13(16)6-12/h2-4,6,11,14-15,19H,5,7-10H2,1H3. The molecule has 0 aromatic heterocycles. The Morgan fingerprint density at radius 3 is 2.85 bits per heavy atom. The van der Waals surface area contributed by atoms with Crippen molar-refractivity contribution in [2.45, 2.75) is 32.4 Å². The van der Waals surface area contributed by atoms with Crippen molar-refractivity contribution in [3.8, 4) is 0 Å². The van der Waals surface area contributed by atoms with Crippen molar-refractivity contribution in [2.24, 2.45) is 5.92 Å². The molecule has 1 saturated heterocycles. The van der Waals surface area contributed by atoms with Gasteiger partial charge in [0.15, 0.2) is 0 Å². The molecular weight excluding hydrogens is 265 g/mol. The summed E-state index contributed by atoms with van der Waals surface area (Å²) in [6.07, 6.45) is -1.41. The van der Waals surface area contributed by atoms with Gasteiger partial charge >= 0.3 is 0 Å². The van der Waals surface area contributed by atoms with Gasteiger partial charge in [0.2, 0.25) is 0 Å². The van der Waals surface area contributed by atoms with Gasteiger partial charge in [0.05, 0.1) is 6.54 Å². The number of halogens is 3. The van der Waals surface area contributed by atoms with E-state index in [9.17, 15) is 13.2 Å². The maximum Gasteiger partial charge on any atom is 0.250 e. The molecular formula is C15H21F3N2. The number of hydrogen-bond donors (Lipinski definition) is 1. The van der Waals surface area contributed by atoms with Crippen LogP contribution in [0.1, 0.15) is 18.9 Å². The molecule has 2 unspecified atom stereocenters. The minimum absolute atomic E-state index is 0.0845. The normalized spacial score (nSPS) is 24.2. The quantitative estimate of drug-likeness (QED) is 0.895. The summed E-state index contributed by atoms with van der Waals surface area (Å²) in [5.74, 6) is 0.215. The van der Waals surface area contributed by atoms with Crippen LogP contribution in [0.15, 0.2) is 24.3 Å². The fourth-order valence-electron chi connectivity index (χ4n) is 2.89. The van der Waals surface area contributed by atoms with Crippen LogP contribution >= 0.6 is 0 Å². The molecule has 0 bridgehead atoms. The third kappa shape index (κ3) is 4.80. The maximum atomic E-state index is 13.2. The number of alkyl halides is 2. The summed E-state index contributed by atoms with van der Waals surface area (Å²) in [6, 6.07) is 6.63. The Kier molecular flexibility index (Phi) is 5.43. The van der Waals surface area contributed by atoms with Crippen LogP contribution in [0.25, 0.3) is 0 Å². The van der Waals surface area contributed by atoms with E-state index in [1.807, 2.05) is 6.07 Å². The number of hydrogen-bond acceptors (Lipinski definition) is 2. The molecule has 0 amide bonds. The molecule has 20 heavy (non-hydrogen) atoms. The molecule has 1 aliphatic rings. The Morgan fingerprint density at radius 2 is 2.15 bits per heavy atom. The summed E-state index contributed by atoms with van der Waals surface area (Å²) >= 11 is 0. The Balaban J connectivity index is 1.90. The molecule has 112 valence electrons. The van der Waals surface area contributed by atoms with Crippen molar-refractivity contribution in [3.05, 3.63) is 35.6 Å². The molecule has 1 heterocycles. The van der Waals surface area contributed by atoms with E-state index in [2.05, 4.69) is 17.1 Å². The lowest BCUT2D eigenvalue weighted by Gasteiger charge is -2.37. The van der Waals surface area contributed by atoms with Gasteiger partial charge in [0.1, 0.15) is 5.82 Å². The lowest BCUT2D eigenvalue weighted by atomic mass is 9.95. The zero-order valence-electron chi connectivity index (χ0n) is 11.7. The Morgan fingerprint density at radius 1 is 1.35 bits per heavy atom. The third-order valence-corrected chi connectivity index (χ3v) is 3.59. The summed E-state index contributed by atoms with van der Waals surface area (Å²) in [4.78, 5) is 2.20. The van der Waals surface area contributed by atoms with Gasteiger partial charge < -0.3 is 5.32 Å². The minimum atomic E-state index is -2.32. The van der Waals surface area contributed by atoms with Crippen molar-refractivity contribution < 1.29 is 13.2 Å². The van der Waals surface area contributed by atoms with Gasteiger partial charge in [-0.15, -0.1) is 0 Å². The highest BCUT2D eigenvalue weighted by atomic mass is 19.3. The lowest BCUT2D eigenvalue weighted by Crippen LogP contribution is -2.49. The van der Waals surface area contributed by atoms with Gasteiger partial charge in [-0.2, -0.15) is 0 Å². The predicted molar refractivity (Wildman–Crippen MR) is 73.3 cm³/mol. The zero-order chi connectivity index (χ0) is 14.5. The topological polar surface area (TPSA) is 15.3 Å². The van der Waals surface area contributed by atoms with E-state index in [-0.39, 0.29) is 18.4 Å². The van der Waals surface area contributed by atoms with Gasteiger partial charge in [-0.1, -0.05) is 19.1 Å². The first-order valence-corrected chi connectivity index (χ1v) is 7.01. The third-order valence-electron chi connectivity index (χ3n) is 3.59. The lowest BCUT2D eigenvalue weighted by molar-refractivity contribution is 0.109. The molecule has 0 spiro atoms. The van der Waals surface area contributed by atoms with E-state index in [0.29, 0.717) is 12.5 Å². The number of piperidine rings is 1. The number of rotatable bonds is 5. The monoisotopic (exact) mass is 286 g/mol. The van der Waals surface area contributed by atoms with Crippen molar-refractivity contribution in [1.29, 1.82) is 0 Å². The van der Waals surface area contributed by atoms with Crippen molar-refractivity contribution >= 4 is 0 Å². The molecule has 1 fully saturated rings. The van der Waals surface area contributed by atoms with Crippen molar-refractivity contribution in [2.75, 3.05) is 19.6 Å². The summed E-state index contributed by atoms with van der Waals surface area (Å²) in [5, 5.41) is 2.91. The predicted octanol–water partition coefficient (Wildman–Crippen LogP) is 2.89. The molecule has 2 atom stereocenters. The van der Waals surface area contributed by atoms with Crippen LogP contribution in [0.5, 0.6) is 0 Å². The van der Waals surface area contributed by atoms with Crippen LogP contribution < -0.4 is 5.32 Å². The molecule has 0 radical (unpaired) electrons. The van der Waals surface area contributed by atoms with E-state index in [1.54, 1.807) is 6.07 Å². The first kappa shape index (κ1) is 15.3. The second kappa shape index (κ2) is 7.09. The molecule has 0 aliphatic carbocycles. The number of benzene rings is 1. The van der Waals surface area contributed by atoms with E-state index in [4.69, 9.17) is 0 Å². The van der Waals surface area contributed by atoms with E-state index in [0.717, 1.165) is 25.1 Å². The summed E-state index contributed by atoms with van der Waals surface area (Å²) < 4.78 is 37.7. The number of nitrogens with zero attached hydrogens (tertiary/aromatic N) is 1. The molecule has 2 rings (SSSR count). The Hall–Kier alpha value is -1.07. The van der Waals surface area contributed by atoms with Crippen LogP contribution in [0.3, 0.4) is 0 Å². The summed E-state index contributed by atoms with van der Waals surface area (Å²) in [6.45, 7) is 4.17. The fourth-order valence-corrected chi connectivity index (χ4v) is 2.89. The SMILES string of the molecule is CC1CC(NCC(F)F)CN(Cc2cccc(F)c2)C1. The van der Waals surface area contributed by atoms with Gasteiger partial charge in [-0.25, -0.2) is 13.2 Å². The first-order chi connectivity index (χ1) is 9.52. The van der Waals surface area contributed by atoms with Crippen molar-refractivity contribution in [1.82, 2.24) is 10.2 Å².